The fourth-order valence-electron chi connectivity index (χ4n) is 2.12. The summed E-state index contributed by atoms with van der Waals surface area (Å²) in [4.78, 5) is 14.4. The maximum Gasteiger partial charge on any atom is 0.281 e. The van der Waals surface area contributed by atoms with Gasteiger partial charge in [0.1, 0.15) is 5.76 Å². The van der Waals surface area contributed by atoms with Crippen molar-refractivity contribution in [2.45, 2.75) is 71.1 Å². The molecule has 3 nitrogen and oxygen atoms in total. The summed E-state index contributed by atoms with van der Waals surface area (Å²) in [7, 11) is 0. The molecular weight excluding hydrogens is 226 g/mol. The van der Waals surface area contributed by atoms with Crippen molar-refractivity contribution in [3.8, 4) is 0 Å². The lowest BCUT2D eigenvalue weighted by atomic mass is 10.0. The van der Waals surface area contributed by atoms with Crippen LogP contribution in [0.25, 0.3) is 0 Å². The van der Waals surface area contributed by atoms with Gasteiger partial charge < -0.3 is 5.11 Å². The molecule has 0 spiro atoms. The molecule has 18 heavy (non-hydrogen) atoms. The molecular formula is C15H25NO2. The van der Waals surface area contributed by atoms with Crippen LogP contribution in [-0.4, -0.2) is 17.2 Å². The van der Waals surface area contributed by atoms with Crippen LogP contribution in [0.4, 0.5) is 0 Å². The third-order valence-electron chi connectivity index (χ3n) is 3.37. The van der Waals surface area contributed by atoms with Gasteiger partial charge in [-0.1, -0.05) is 58.3 Å². The lowest BCUT2D eigenvalue weighted by Gasteiger charge is -2.08. The monoisotopic (exact) mass is 251 g/mol. The zero-order valence-corrected chi connectivity index (χ0v) is 11.5. The van der Waals surface area contributed by atoms with E-state index in [0.717, 1.165) is 12.8 Å². The van der Waals surface area contributed by atoms with Crippen LogP contribution < -0.4 is 0 Å². The molecule has 1 rings (SSSR count). The Morgan fingerprint density at radius 3 is 2.06 bits per heavy atom. The number of nitrogens with zero attached hydrogens (tertiary/aromatic N) is 1. The minimum Gasteiger partial charge on any atom is -0.511 e. The number of hydrogen-bond donors (Lipinski definition) is 1. The van der Waals surface area contributed by atoms with Crippen molar-refractivity contribution in [2.75, 3.05) is 0 Å². The van der Waals surface area contributed by atoms with Gasteiger partial charge in [-0.3, -0.25) is 4.79 Å². The molecule has 0 aromatic heterocycles. The van der Waals surface area contributed by atoms with Gasteiger partial charge in [-0.2, -0.15) is 0 Å². The summed E-state index contributed by atoms with van der Waals surface area (Å²) in [5, 5.41) is 9.61. The van der Waals surface area contributed by atoms with Crippen LogP contribution in [0.5, 0.6) is 0 Å². The van der Waals surface area contributed by atoms with E-state index in [4.69, 9.17) is 0 Å². The van der Waals surface area contributed by atoms with Gasteiger partial charge in [-0.05, 0) is 6.42 Å². The summed E-state index contributed by atoms with van der Waals surface area (Å²) in [5.41, 5.74) is 0.412. The third-order valence-corrected chi connectivity index (χ3v) is 3.37. The maximum absolute atomic E-state index is 10.9. The van der Waals surface area contributed by atoms with Crippen molar-refractivity contribution in [1.29, 1.82) is 0 Å². The summed E-state index contributed by atoms with van der Waals surface area (Å²) >= 11 is 0. The van der Waals surface area contributed by atoms with Crippen LogP contribution in [0.15, 0.2) is 16.3 Å². The molecule has 0 fully saturated rings. The van der Waals surface area contributed by atoms with E-state index in [1.165, 1.54) is 51.2 Å². The quantitative estimate of drug-likeness (QED) is 0.357. The second kappa shape index (κ2) is 8.90. The minimum atomic E-state index is -0.275. The van der Waals surface area contributed by atoms with Gasteiger partial charge in [0.2, 0.25) is 0 Å². The van der Waals surface area contributed by atoms with Crippen LogP contribution >= 0.6 is 0 Å². The topological polar surface area (TPSA) is 49.7 Å². The lowest BCUT2D eigenvalue weighted by Crippen LogP contribution is -2.14. The van der Waals surface area contributed by atoms with Gasteiger partial charge in [0.05, 0.1) is 5.57 Å². The smallest absolute Gasteiger partial charge is 0.281 e. The molecule has 0 bridgehead atoms. The summed E-state index contributed by atoms with van der Waals surface area (Å²) in [6.07, 6.45) is 13.4. The van der Waals surface area contributed by atoms with E-state index in [-0.39, 0.29) is 11.7 Å². The molecule has 102 valence electrons. The van der Waals surface area contributed by atoms with E-state index in [0.29, 0.717) is 12.0 Å². The SMILES string of the molecule is CCCCCCCCCCCC(O)=C1C=NC1=O. The highest BCUT2D eigenvalue weighted by Gasteiger charge is 2.18. The number of unbranched alkanes of at least 4 members (excludes halogenated alkanes) is 8. The maximum atomic E-state index is 10.9. The third kappa shape index (κ3) is 5.48. The van der Waals surface area contributed by atoms with Gasteiger partial charge >= 0.3 is 0 Å². The molecule has 0 aromatic rings. The number of amides is 1. The number of carbonyl (C=O) groups excluding carboxylic acids is 1. The van der Waals surface area contributed by atoms with E-state index in [1.54, 1.807) is 0 Å². The number of allylic oxidation sites excluding steroid dienone is 1. The molecule has 1 aliphatic rings. The Kier molecular flexibility index (Phi) is 7.38. The molecule has 3 heteroatoms. The van der Waals surface area contributed by atoms with E-state index < -0.39 is 0 Å². The lowest BCUT2D eigenvalue weighted by molar-refractivity contribution is -0.114. The van der Waals surface area contributed by atoms with Gasteiger partial charge in [-0.15, -0.1) is 0 Å². The highest BCUT2D eigenvalue weighted by molar-refractivity contribution is 6.24. The van der Waals surface area contributed by atoms with Crippen LogP contribution in [0.3, 0.4) is 0 Å². The molecule has 0 radical (unpaired) electrons. The molecule has 0 aromatic carbocycles. The first-order valence-electron chi connectivity index (χ1n) is 7.26. The van der Waals surface area contributed by atoms with E-state index in [9.17, 15) is 9.90 Å². The van der Waals surface area contributed by atoms with Crippen LogP contribution in [0, 0.1) is 0 Å². The standard InChI is InChI=1S/C15H25NO2/c1-2-3-4-5-6-7-8-9-10-11-14(17)13-12-16-15(13)18/h12,17H,2-11H2,1H3. The number of aliphatic hydroxyl groups excluding tert-OH is 1. The number of aliphatic hydroxyl groups is 1. The average Bonchev–Trinajstić information content (AvgIpc) is 2.35. The Hall–Kier alpha value is -1.12. The molecule has 0 saturated heterocycles. The normalized spacial score (nSPS) is 16.8. The summed E-state index contributed by atoms with van der Waals surface area (Å²) < 4.78 is 0. The molecule has 1 heterocycles. The van der Waals surface area contributed by atoms with Crippen LogP contribution in [-0.2, 0) is 4.79 Å². The van der Waals surface area contributed by atoms with Crippen molar-refractivity contribution >= 4 is 12.1 Å². The van der Waals surface area contributed by atoms with Crippen LogP contribution in [0.2, 0.25) is 0 Å². The predicted molar refractivity (Wildman–Crippen MR) is 75.0 cm³/mol. The van der Waals surface area contributed by atoms with Crippen molar-refractivity contribution < 1.29 is 9.90 Å². The van der Waals surface area contributed by atoms with E-state index in [2.05, 4.69) is 11.9 Å². The van der Waals surface area contributed by atoms with E-state index >= 15 is 0 Å². The largest absolute Gasteiger partial charge is 0.511 e. The second-order valence-electron chi connectivity index (χ2n) is 5.00. The van der Waals surface area contributed by atoms with E-state index in [1.807, 2.05) is 0 Å². The van der Waals surface area contributed by atoms with Crippen LogP contribution in [0.1, 0.15) is 71.1 Å². The Bertz CT molecular complexity index is 318. The first-order chi connectivity index (χ1) is 8.75. The molecule has 1 amide bonds. The fraction of sp³-hybridized carbons (Fsp3) is 0.733. The number of hydrogen-bond acceptors (Lipinski definition) is 2. The Morgan fingerprint density at radius 1 is 1.06 bits per heavy atom. The predicted octanol–water partition coefficient (Wildman–Crippen LogP) is 4.33. The second-order valence-corrected chi connectivity index (χ2v) is 5.00. The summed E-state index contributed by atoms with van der Waals surface area (Å²) in [6.45, 7) is 2.23. The van der Waals surface area contributed by atoms with Crippen molar-refractivity contribution in [3.05, 3.63) is 11.3 Å². The molecule has 0 atom stereocenters. The number of carbonyl (C=O) groups is 1. The molecule has 0 unspecified atom stereocenters. The Morgan fingerprint density at radius 2 is 1.61 bits per heavy atom. The highest BCUT2D eigenvalue weighted by atomic mass is 16.3. The van der Waals surface area contributed by atoms with Gasteiger partial charge in [0.15, 0.2) is 0 Å². The molecule has 0 aliphatic carbocycles. The van der Waals surface area contributed by atoms with Crippen molar-refractivity contribution in [3.63, 3.8) is 0 Å². The first kappa shape index (κ1) is 14.9. The summed E-state index contributed by atoms with van der Waals surface area (Å²) in [6, 6.07) is 0. The zero-order chi connectivity index (χ0) is 13.2. The highest BCUT2D eigenvalue weighted by Crippen LogP contribution is 2.16. The fourth-order valence-corrected chi connectivity index (χ4v) is 2.12. The molecule has 1 N–H and O–H groups in total. The molecule has 0 saturated carbocycles. The van der Waals surface area contributed by atoms with Crippen molar-refractivity contribution in [1.82, 2.24) is 0 Å². The minimum absolute atomic E-state index is 0.220. The number of rotatable bonds is 10. The van der Waals surface area contributed by atoms with Gasteiger partial charge in [0.25, 0.3) is 5.91 Å². The zero-order valence-electron chi connectivity index (χ0n) is 11.5. The summed E-state index contributed by atoms with van der Waals surface area (Å²) in [5.74, 6) is -0.0543. The Labute approximate surface area is 110 Å². The van der Waals surface area contributed by atoms with Crippen molar-refractivity contribution in [2.24, 2.45) is 4.99 Å². The average molecular weight is 251 g/mol. The molecule has 1 aliphatic heterocycles. The Balaban J connectivity index is 1.92. The number of aliphatic imine (C=N–C) groups is 1. The van der Waals surface area contributed by atoms with Gasteiger partial charge in [-0.25, -0.2) is 4.99 Å². The first-order valence-corrected chi connectivity index (χ1v) is 7.26. The van der Waals surface area contributed by atoms with Gasteiger partial charge in [0, 0.05) is 12.6 Å².